The zero-order valence-corrected chi connectivity index (χ0v) is 18.8. The van der Waals surface area contributed by atoms with Crippen molar-refractivity contribution in [2.45, 2.75) is 105 Å². The SMILES string of the molecule is CCCCCCCCOOc1c(O)c(C(=O)O)c(CCC)c(CCC)c1CCC. The van der Waals surface area contributed by atoms with E-state index in [4.69, 9.17) is 9.78 Å². The Kier molecular flexibility index (Phi) is 12.4. The van der Waals surface area contributed by atoms with E-state index < -0.39 is 5.97 Å². The van der Waals surface area contributed by atoms with Gasteiger partial charge in [-0.15, -0.1) is 0 Å². The van der Waals surface area contributed by atoms with Gasteiger partial charge in [-0.3, -0.25) is 0 Å². The summed E-state index contributed by atoms with van der Waals surface area (Å²) in [6, 6.07) is 0. The quantitative estimate of drug-likeness (QED) is 0.183. The van der Waals surface area contributed by atoms with Crippen LogP contribution in [0.15, 0.2) is 0 Å². The summed E-state index contributed by atoms with van der Waals surface area (Å²) in [5.74, 6) is -1.22. The second-order valence-electron chi connectivity index (χ2n) is 7.72. The predicted octanol–water partition coefficient (Wildman–Crippen LogP) is 6.62. The van der Waals surface area contributed by atoms with Gasteiger partial charge in [0.25, 0.3) is 0 Å². The van der Waals surface area contributed by atoms with Crippen LogP contribution >= 0.6 is 0 Å². The number of hydrogen-bond donors (Lipinski definition) is 2. The molecule has 0 amide bonds. The third-order valence-corrected chi connectivity index (χ3v) is 5.19. The van der Waals surface area contributed by atoms with Crippen molar-refractivity contribution in [1.82, 2.24) is 0 Å². The summed E-state index contributed by atoms with van der Waals surface area (Å²) in [7, 11) is 0. The van der Waals surface area contributed by atoms with Gasteiger partial charge >= 0.3 is 5.97 Å². The van der Waals surface area contributed by atoms with Crippen LogP contribution in [0.25, 0.3) is 0 Å². The summed E-state index contributed by atoms with van der Waals surface area (Å²) in [6.07, 6.45) is 11.6. The van der Waals surface area contributed by atoms with Gasteiger partial charge in [0.15, 0.2) is 5.75 Å². The molecule has 0 aliphatic carbocycles. The van der Waals surface area contributed by atoms with Crippen molar-refractivity contribution >= 4 is 5.97 Å². The fraction of sp³-hybridized carbons (Fsp3) is 0.708. The normalized spacial score (nSPS) is 11.0. The zero-order chi connectivity index (χ0) is 21.6. The van der Waals surface area contributed by atoms with Crippen molar-refractivity contribution < 1.29 is 24.8 Å². The van der Waals surface area contributed by atoms with Gasteiger partial charge in [-0.05, 0) is 36.8 Å². The van der Waals surface area contributed by atoms with E-state index in [1.54, 1.807) is 0 Å². The lowest BCUT2D eigenvalue weighted by Gasteiger charge is -2.21. The number of aromatic carboxylic acids is 1. The molecule has 2 N–H and O–H groups in total. The Morgan fingerprint density at radius 3 is 1.90 bits per heavy atom. The number of aromatic hydroxyl groups is 1. The molecule has 0 heterocycles. The zero-order valence-electron chi connectivity index (χ0n) is 18.8. The fourth-order valence-electron chi connectivity index (χ4n) is 3.82. The molecule has 5 heteroatoms. The summed E-state index contributed by atoms with van der Waals surface area (Å²) < 4.78 is 0. The first-order valence-electron chi connectivity index (χ1n) is 11.4. The Balaban J connectivity index is 3.09. The highest BCUT2D eigenvalue weighted by Crippen LogP contribution is 2.41. The largest absolute Gasteiger partial charge is 0.504 e. The molecule has 1 aromatic rings. The highest BCUT2D eigenvalue weighted by Gasteiger charge is 2.28. The standard InChI is InChI=1S/C24H40O5/c1-5-9-10-11-12-13-17-28-29-23-20(16-8-4)18(14-6-2)19(15-7-3)21(22(23)25)24(26)27/h25H,5-17H2,1-4H3,(H,26,27). The Morgan fingerprint density at radius 2 is 1.31 bits per heavy atom. The summed E-state index contributed by atoms with van der Waals surface area (Å²) in [6.45, 7) is 8.79. The molecule has 29 heavy (non-hydrogen) atoms. The lowest BCUT2D eigenvalue weighted by molar-refractivity contribution is -0.208. The molecule has 1 aromatic carbocycles. The Labute approximate surface area is 176 Å². The van der Waals surface area contributed by atoms with Crippen LogP contribution in [0.4, 0.5) is 0 Å². The van der Waals surface area contributed by atoms with Crippen LogP contribution in [0.5, 0.6) is 11.5 Å². The lowest BCUT2D eigenvalue weighted by atomic mass is 9.87. The topological polar surface area (TPSA) is 76.0 Å². The second kappa shape index (κ2) is 14.3. The maximum absolute atomic E-state index is 11.9. The van der Waals surface area contributed by atoms with E-state index in [1.165, 1.54) is 25.7 Å². The molecule has 0 aliphatic heterocycles. The second-order valence-corrected chi connectivity index (χ2v) is 7.72. The summed E-state index contributed by atoms with van der Waals surface area (Å²) >= 11 is 0. The van der Waals surface area contributed by atoms with E-state index in [1.807, 2.05) is 6.92 Å². The Hall–Kier alpha value is -1.75. The first-order chi connectivity index (χ1) is 14.0. The number of carbonyl (C=O) groups is 1. The van der Waals surface area contributed by atoms with Gasteiger partial charge in [-0.25, -0.2) is 4.79 Å². The number of rotatable bonds is 16. The van der Waals surface area contributed by atoms with Gasteiger partial charge < -0.3 is 15.1 Å². The van der Waals surface area contributed by atoms with E-state index in [2.05, 4.69) is 20.8 Å². The van der Waals surface area contributed by atoms with Crippen molar-refractivity contribution in [3.8, 4) is 11.5 Å². The van der Waals surface area contributed by atoms with E-state index in [0.29, 0.717) is 13.0 Å². The van der Waals surface area contributed by atoms with Crippen LogP contribution in [0.1, 0.15) is 113 Å². The van der Waals surface area contributed by atoms with Crippen molar-refractivity contribution in [3.63, 3.8) is 0 Å². The number of unbranched alkanes of at least 4 members (excludes halogenated alkanes) is 5. The average molecular weight is 409 g/mol. The predicted molar refractivity (Wildman–Crippen MR) is 117 cm³/mol. The molecule has 166 valence electrons. The molecular formula is C24H40O5. The third-order valence-electron chi connectivity index (χ3n) is 5.19. The summed E-state index contributed by atoms with van der Waals surface area (Å²) in [5, 5.41) is 20.5. The van der Waals surface area contributed by atoms with Gasteiger partial charge in [0, 0.05) is 5.56 Å². The molecule has 0 saturated carbocycles. The van der Waals surface area contributed by atoms with Gasteiger partial charge in [0.1, 0.15) is 5.56 Å². The maximum Gasteiger partial charge on any atom is 0.339 e. The molecule has 0 saturated heterocycles. The molecule has 1 rings (SSSR count). The van der Waals surface area contributed by atoms with Crippen molar-refractivity contribution in [1.29, 1.82) is 0 Å². The van der Waals surface area contributed by atoms with Crippen LogP contribution in [0.2, 0.25) is 0 Å². The van der Waals surface area contributed by atoms with Crippen LogP contribution in [0.3, 0.4) is 0 Å². The number of carboxylic acids is 1. The molecule has 0 aromatic heterocycles. The highest BCUT2D eigenvalue weighted by atomic mass is 17.2. The monoisotopic (exact) mass is 408 g/mol. The summed E-state index contributed by atoms with van der Waals surface area (Å²) in [5.41, 5.74) is 2.60. The van der Waals surface area contributed by atoms with Crippen molar-refractivity contribution in [2.24, 2.45) is 0 Å². The molecule has 0 aliphatic rings. The Bertz CT molecular complexity index is 624. The van der Waals surface area contributed by atoms with Gasteiger partial charge in [0.2, 0.25) is 5.75 Å². The molecule has 0 spiro atoms. The van der Waals surface area contributed by atoms with E-state index >= 15 is 0 Å². The number of benzene rings is 1. The van der Waals surface area contributed by atoms with Crippen molar-refractivity contribution in [2.75, 3.05) is 6.61 Å². The van der Waals surface area contributed by atoms with Crippen LogP contribution < -0.4 is 4.89 Å². The van der Waals surface area contributed by atoms with Crippen LogP contribution in [-0.2, 0) is 24.2 Å². The van der Waals surface area contributed by atoms with E-state index in [9.17, 15) is 15.0 Å². The molecular weight excluding hydrogens is 368 g/mol. The molecule has 0 unspecified atom stereocenters. The molecule has 0 bridgehead atoms. The average Bonchev–Trinajstić information content (AvgIpc) is 2.68. The van der Waals surface area contributed by atoms with Crippen molar-refractivity contribution in [3.05, 3.63) is 22.3 Å². The minimum absolute atomic E-state index is 0.0340. The smallest absolute Gasteiger partial charge is 0.339 e. The molecule has 0 radical (unpaired) electrons. The third kappa shape index (κ3) is 7.54. The van der Waals surface area contributed by atoms with Crippen LogP contribution in [-0.4, -0.2) is 22.8 Å². The maximum atomic E-state index is 11.9. The van der Waals surface area contributed by atoms with Crippen LogP contribution in [0, 0.1) is 0 Å². The van der Waals surface area contributed by atoms with Gasteiger partial charge in [0.05, 0.1) is 6.61 Å². The minimum atomic E-state index is -1.12. The van der Waals surface area contributed by atoms with E-state index in [0.717, 1.165) is 61.6 Å². The molecule has 5 nitrogen and oxygen atoms in total. The first kappa shape index (κ1) is 25.3. The molecule has 0 fully saturated rings. The van der Waals surface area contributed by atoms with Gasteiger partial charge in [-0.1, -0.05) is 79.1 Å². The van der Waals surface area contributed by atoms with E-state index in [-0.39, 0.29) is 17.1 Å². The highest BCUT2D eigenvalue weighted by molar-refractivity contribution is 5.94. The number of hydrogen-bond acceptors (Lipinski definition) is 4. The molecule has 0 atom stereocenters. The summed E-state index contributed by atoms with van der Waals surface area (Å²) in [4.78, 5) is 22.9. The number of phenols is 1. The fourth-order valence-corrected chi connectivity index (χ4v) is 3.82. The number of carboxylic acid groups (broad SMARTS) is 1. The van der Waals surface area contributed by atoms with Gasteiger partial charge in [-0.2, -0.15) is 4.89 Å². The Morgan fingerprint density at radius 1 is 0.759 bits per heavy atom. The lowest BCUT2D eigenvalue weighted by Crippen LogP contribution is -2.13. The minimum Gasteiger partial charge on any atom is -0.504 e. The first-order valence-corrected chi connectivity index (χ1v) is 11.4.